The largest absolute Gasteiger partial charge is 0.388 e. The topological polar surface area (TPSA) is 98.3 Å². The van der Waals surface area contributed by atoms with Gasteiger partial charge in [0.15, 0.2) is 0 Å². The highest BCUT2D eigenvalue weighted by Gasteiger charge is 2.34. The van der Waals surface area contributed by atoms with Crippen LogP contribution in [0.4, 0.5) is 0 Å². The third-order valence-electron chi connectivity index (χ3n) is 5.28. The van der Waals surface area contributed by atoms with Crippen LogP contribution >= 0.6 is 0 Å². The first-order valence-corrected chi connectivity index (χ1v) is 9.25. The molecule has 26 heavy (non-hydrogen) atoms. The monoisotopic (exact) mass is 362 g/mol. The Kier molecular flexibility index (Phi) is 5.14. The zero-order valence-corrected chi connectivity index (χ0v) is 14.7. The Morgan fingerprint density at radius 2 is 1.27 bits per heavy atom. The predicted molar refractivity (Wildman–Crippen MR) is 94.5 cm³/mol. The highest BCUT2D eigenvalue weighted by atomic mass is 16.6. The predicted octanol–water partition coefficient (Wildman–Crippen LogP) is 1.80. The number of aliphatic hydroxyl groups is 3. The summed E-state index contributed by atoms with van der Waals surface area (Å²) in [5.74, 6) is 0. The zero-order chi connectivity index (χ0) is 18.3. The third kappa shape index (κ3) is 4.17. The minimum Gasteiger partial charge on any atom is -0.388 e. The number of hydrogen-bond acceptors (Lipinski definition) is 6. The summed E-state index contributed by atoms with van der Waals surface area (Å²) in [7, 11) is 0. The lowest BCUT2D eigenvalue weighted by molar-refractivity contribution is 0.129. The van der Waals surface area contributed by atoms with E-state index in [2.05, 4.69) is 6.58 Å². The summed E-state index contributed by atoms with van der Waals surface area (Å²) in [5.41, 5.74) is 2.71. The second-order valence-corrected chi connectivity index (χ2v) is 7.40. The van der Waals surface area contributed by atoms with E-state index in [-0.39, 0.29) is 18.3 Å². The fourth-order valence-electron chi connectivity index (χ4n) is 3.58. The molecule has 0 bridgehead atoms. The quantitative estimate of drug-likeness (QED) is 0.549. The van der Waals surface area contributed by atoms with Gasteiger partial charge in [-0.25, -0.2) is 0 Å². The average Bonchev–Trinajstić information content (AvgIpc) is 3.42. The molecule has 0 spiro atoms. The molecule has 0 aliphatic carbocycles. The number of aliphatic hydroxyl groups excluding tert-OH is 3. The van der Waals surface area contributed by atoms with Gasteiger partial charge in [0.05, 0.1) is 56.4 Å². The van der Waals surface area contributed by atoms with Gasteiger partial charge in [0, 0.05) is 19.3 Å². The van der Waals surface area contributed by atoms with Crippen LogP contribution in [0.1, 0.15) is 59.8 Å². The van der Waals surface area contributed by atoms with Crippen LogP contribution in [0.5, 0.6) is 0 Å². The van der Waals surface area contributed by atoms with E-state index >= 15 is 0 Å². The number of ether oxygens (including phenoxy) is 3. The molecule has 1 aromatic carbocycles. The van der Waals surface area contributed by atoms with E-state index in [0.717, 1.165) is 0 Å². The van der Waals surface area contributed by atoms with Crippen molar-refractivity contribution in [1.82, 2.24) is 0 Å². The van der Waals surface area contributed by atoms with Crippen LogP contribution in [0.3, 0.4) is 0 Å². The Hall–Kier alpha value is -1.28. The molecule has 3 N–H and O–H groups in total. The molecule has 6 nitrogen and oxygen atoms in total. The molecule has 3 aliphatic rings. The lowest BCUT2D eigenvalue weighted by Gasteiger charge is -2.25. The highest BCUT2D eigenvalue weighted by molar-refractivity contribution is 5.61. The number of benzene rings is 1. The molecule has 142 valence electrons. The Morgan fingerprint density at radius 3 is 1.73 bits per heavy atom. The third-order valence-corrected chi connectivity index (χ3v) is 5.28. The molecular formula is C20H26O6. The summed E-state index contributed by atoms with van der Waals surface area (Å²) >= 11 is 0. The molecule has 3 aliphatic heterocycles. The van der Waals surface area contributed by atoms with E-state index in [9.17, 15) is 15.3 Å². The van der Waals surface area contributed by atoms with Gasteiger partial charge in [-0.1, -0.05) is 24.8 Å². The van der Waals surface area contributed by atoms with Gasteiger partial charge in [0.1, 0.15) is 0 Å². The van der Waals surface area contributed by atoms with Crippen LogP contribution in [0.2, 0.25) is 0 Å². The van der Waals surface area contributed by atoms with Crippen LogP contribution < -0.4 is 0 Å². The maximum Gasteiger partial charge on any atom is 0.0837 e. The van der Waals surface area contributed by atoms with Crippen molar-refractivity contribution in [3.63, 3.8) is 0 Å². The maximum atomic E-state index is 10.8. The van der Waals surface area contributed by atoms with Crippen molar-refractivity contribution in [2.45, 2.75) is 55.9 Å². The smallest absolute Gasteiger partial charge is 0.0837 e. The minimum absolute atomic E-state index is 0.0490. The Morgan fingerprint density at radius 1 is 0.846 bits per heavy atom. The van der Waals surface area contributed by atoms with Gasteiger partial charge in [0.2, 0.25) is 0 Å². The van der Waals surface area contributed by atoms with E-state index in [1.54, 1.807) is 12.1 Å². The molecule has 4 rings (SSSR count). The average molecular weight is 362 g/mol. The summed E-state index contributed by atoms with van der Waals surface area (Å²) in [5, 5.41) is 32.1. The Bertz CT molecular complexity index is 663. The molecule has 6 unspecified atom stereocenters. The molecule has 6 heteroatoms. The first kappa shape index (κ1) is 18.1. The van der Waals surface area contributed by atoms with Gasteiger partial charge in [-0.15, -0.1) is 0 Å². The van der Waals surface area contributed by atoms with Gasteiger partial charge < -0.3 is 29.5 Å². The second-order valence-electron chi connectivity index (χ2n) is 7.40. The molecule has 0 aromatic heterocycles. The summed E-state index contributed by atoms with van der Waals surface area (Å²) in [6.07, 6.45) is 1.12. The van der Waals surface area contributed by atoms with Crippen LogP contribution in [0.15, 0.2) is 18.7 Å². The van der Waals surface area contributed by atoms with Crippen molar-refractivity contribution in [3.8, 4) is 0 Å². The molecular weight excluding hydrogens is 336 g/mol. The van der Waals surface area contributed by atoms with Crippen molar-refractivity contribution in [2.75, 3.05) is 19.8 Å². The normalized spacial score (nSPS) is 29.7. The molecule has 3 heterocycles. The van der Waals surface area contributed by atoms with E-state index in [1.165, 1.54) is 0 Å². The van der Waals surface area contributed by atoms with Crippen LogP contribution in [0, 0.1) is 0 Å². The fraction of sp³-hybridized carbons (Fsp3) is 0.600. The van der Waals surface area contributed by atoms with Gasteiger partial charge in [-0.05, 0) is 22.3 Å². The summed E-state index contributed by atoms with van der Waals surface area (Å²) in [6.45, 7) is 5.88. The van der Waals surface area contributed by atoms with Crippen molar-refractivity contribution in [3.05, 3.63) is 41.0 Å². The SMILES string of the molecule is C=Cc1c(C(O)CC2CO2)ccc(C(O)CC2CO2)c1C(O)CC1CO1. The maximum absolute atomic E-state index is 10.8. The lowest BCUT2D eigenvalue weighted by Crippen LogP contribution is -2.15. The number of rotatable bonds is 10. The highest BCUT2D eigenvalue weighted by Crippen LogP contribution is 2.39. The Labute approximate surface area is 153 Å². The van der Waals surface area contributed by atoms with Crippen LogP contribution in [0.25, 0.3) is 6.08 Å². The van der Waals surface area contributed by atoms with Gasteiger partial charge in [-0.3, -0.25) is 0 Å². The van der Waals surface area contributed by atoms with Crippen molar-refractivity contribution >= 4 is 6.08 Å². The molecule has 0 saturated carbocycles. The fourth-order valence-corrected chi connectivity index (χ4v) is 3.58. The standard InChI is InChI=1S/C20H26O6/c1-2-14-15(17(21)5-11-8-24-11)3-4-16(18(22)6-12-9-25-12)20(14)19(23)7-13-10-26-13/h2-4,11-13,17-19,21-23H,1,5-10H2. The van der Waals surface area contributed by atoms with Crippen molar-refractivity contribution in [1.29, 1.82) is 0 Å². The van der Waals surface area contributed by atoms with Gasteiger partial charge in [0.25, 0.3) is 0 Å². The minimum atomic E-state index is -0.787. The molecule has 6 atom stereocenters. The molecule has 1 aromatic rings. The van der Waals surface area contributed by atoms with Crippen LogP contribution in [-0.4, -0.2) is 53.5 Å². The molecule has 3 fully saturated rings. The van der Waals surface area contributed by atoms with E-state index in [1.807, 2.05) is 6.07 Å². The first-order valence-electron chi connectivity index (χ1n) is 9.25. The zero-order valence-electron chi connectivity index (χ0n) is 14.7. The van der Waals surface area contributed by atoms with E-state index < -0.39 is 18.3 Å². The lowest BCUT2D eigenvalue weighted by atomic mass is 9.85. The molecule has 0 amide bonds. The van der Waals surface area contributed by atoms with Crippen LogP contribution in [-0.2, 0) is 14.2 Å². The van der Waals surface area contributed by atoms with Crippen molar-refractivity contribution in [2.24, 2.45) is 0 Å². The summed E-state index contributed by atoms with van der Waals surface area (Å²) in [4.78, 5) is 0. The van der Waals surface area contributed by atoms with Gasteiger partial charge in [-0.2, -0.15) is 0 Å². The number of epoxide rings is 3. The number of hydrogen-bond donors (Lipinski definition) is 3. The molecule has 3 saturated heterocycles. The van der Waals surface area contributed by atoms with Crippen molar-refractivity contribution < 1.29 is 29.5 Å². The Balaban J connectivity index is 1.67. The van der Waals surface area contributed by atoms with E-state index in [0.29, 0.717) is 61.3 Å². The molecule has 0 radical (unpaired) electrons. The summed E-state index contributed by atoms with van der Waals surface area (Å²) < 4.78 is 15.7. The first-order chi connectivity index (χ1) is 12.6. The summed E-state index contributed by atoms with van der Waals surface area (Å²) in [6, 6.07) is 3.62. The van der Waals surface area contributed by atoms with Gasteiger partial charge >= 0.3 is 0 Å². The second kappa shape index (κ2) is 7.38. The van der Waals surface area contributed by atoms with E-state index in [4.69, 9.17) is 14.2 Å².